The number of carbonyl (C=O) groups is 2. The summed E-state index contributed by atoms with van der Waals surface area (Å²) in [4.78, 5) is 28.6. The maximum Gasteiger partial charge on any atom is 0.251 e. The van der Waals surface area contributed by atoms with Crippen molar-refractivity contribution in [2.75, 3.05) is 39.3 Å². The fourth-order valence-corrected chi connectivity index (χ4v) is 5.40. The molecule has 4 N–H and O–H groups in total. The van der Waals surface area contributed by atoms with Gasteiger partial charge in [0.05, 0.1) is 12.6 Å². The van der Waals surface area contributed by atoms with E-state index in [1.165, 1.54) is 5.56 Å². The monoisotopic (exact) mass is 550 g/mol. The Kier molecular flexibility index (Phi) is 10.7. The number of rotatable bonds is 12. The van der Waals surface area contributed by atoms with Crippen molar-refractivity contribution >= 4 is 34.2 Å². The fraction of sp³-hybridized carbons (Fsp3) is 0.419. The van der Waals surface area contributed by atoms with Gasteiger partial charge in [-0.3, -0.25) is 9.59 Å². The summed E-state index contributed by atoms with van der Waals surface area (Å²) >= 11 is 6.09. The van der Waals surface area contributed by atoms with Crippen LogP contribution in [0.5, 0.6) is 0 Å². The smallest absolute Gasteiger partial charge is 0.251 e. The first-order valence-electron chi connectivity index (χ1n) is 13.9. The van der Waals surface area contributed by atoms with Crippen LogP contribution in [0.2, 0.25) is 5.02 Å². The summed E-state index contributed by atoms with van der Waals surface area (Å²) in [5.74, 6) is 0.219. The predicted molar refractivity (Wildman–Crippen MR) is 157 cm³/mol. The SMILES string of the molecule is CC[C@H](CN1CC[C@@H](CNC(=O)c2ccc3cc(Cl)ccc3c2)N[C@@H](CCNCCO)C1=O)c1ccccc1. The molecule has 1 aliphatic rings. The highest BCUT2D eigenvalue weighted by molar-refractivity contribution is 6.31. The molecule has 0 spiro atoms. The normalized spacial score (nSPS) is 18.6. The largest absolute Gasteiger partial charge is 0.395 e. The van der Waals surface area contributed by atoms with Crippen molar-refractivity contribution in [3.63, 3.8) is 0 Å². The van der Waals surface area contributed by atoms with Crippen LogP contribution in [0.15, 0.2) is 66.7 Å². The van der Waals surface area contributed by atoms with Gasteiger partial charge >= 0.3 is 0 Å². The maximum absolute atomic E-state index is 13.6. The third-order valence-corrected chi connectivity index (χ3v) is 7.71. The summed E-state index contributed by atoms with van der Waals surface area (Å²) in [5, 5.41) is 21.5. The van der Waals surface area contributed by atoms with Gasteiger partial charge < -0.3 is 26.0 Å². The number of hydrogen-bond acceptors (Lipinski definition) is 5. The molecule has 1 saturated heterocycles. The Morgan fingerprint density at radius 1 is 1.10 bits per heavy atom. The number of aliphatic hydroxyl groups excluding tert-OH is 1. The van der Waals surface area contributed by atoms with Crippen LogP contribution in [0.3, 0.4) is 0 Å². The number of aliphatic hydroxyl groups is 1. The second kappa shape index (κ2) is 14.4. The Labute approximate surface area is 235 Å². The number of halogens is 1. The van der Waals surface area contributed by atoms with Gasteiger partial charge in [0.2, 0.25) is 5.91 Å². The molecule has 3 aromatic rings. The third-order valence-electron chi connectivity index (χ3n) is 7.47. The first-order valence-corrected chi connectivity index (χ1v) is 14.2. The van der Waals surface area contributed by atoms with Gasteiger partial charge in [-0.05, 0) is 66.4 Å². The van der Waals surface area contributed by atoms with Crippen LogP contribution >= 0.6 is 11.6 Å². The highest BCUT2D eigenvalue weighted by Gasteiger charge is 2.32. The first-order chi connectivity index (χ1) is 19.0. The van der Waals surface area contributed by atoms with Gasteiger partial charge in [0.15, 0.2) is 0 Å². The lowest BCUT2D eigenvalue weighted by Crippen LogP contribution is -2.50. The van der Waals surface area contributed by atoms with E-state index in [-0.39, 0.29) is 36.4 Å². The zero-order valence-electron chi connectivity index (χ0n) is 22.5. The van der Waals surface area contributed by atoms with E-state index in [0.717, 1.165) is 23.6 Å². The molecule has 0 radical (unpaired) electrons. The number of amides is 2. The van der Waals surface area contributed by atoms with Crippen molar-refractivity contribution in [1.29, 1.82) is 0 Å². The number of nitrogens with one attached hydrogen (secondary N) is 3. The van der Waals surface area contributed by atoms with E-state index in [1.807, 2.05) is 59.5 Å². The number of benzene rings is 3. The van der Waals surface area contributed by atoms with E-state index in [0.29, 0.717) is 49.7 Å². The second-order valence-corrected chi connectivity index (χ2v) is 10.6. The molecule has 1 aliphatic heterocycles. The average molecular weight is 551 g/mol. The molecule has 3 atom stereocenters. The molecule has 0 aromatic heterocycles. The molecule has 0 saturated carbocycles. The molecule has 8 heteroatoms. The number of nitrogens with zero attached hydrogens (tertiary/aromatic N) is 1. The molecule has 1 heterocycles. The molecule has 208 valence electrons. The van der Waals surface area contributed by atoms with Crippen LogP contribution < -0.4 is 16.0 Å². The second-order valence-electron chi connectivity index (χ2n) is 10.2. The van der Waals surface area contributed by atoms with E-state index in [4.69, 9.17) is 16.7 Å². The van der Waals surface area contributed by atoms with E-state index < -0.39 is 0 Å². The van der Waals surface area contributed by atoms with Crippen molar-refractivity contribution in [3.8, 4) is 0 Å². The summed E-state index contributed by atoms with van der Waals surface area (Å²) in [5.41, 5.74) is 1.84. The third kappa shape index (κ3) is 8.02. The average Bonchev–Trinajstić information content (AvgIpc) is 3.11. The summed E-state index contributed by atoms with van der Waals surface area (Å²) in [6.45, 7) is 5.06. The van der Waals surface area contributed by atoms with E-state index >= 15 is 0 Å². The van der Waals surface area contributed by atoms with Gasteiger partial charge in [-0.2, -0.15) is 0 Å². The number of hydrogen-bond donors (Lipinski definition) is 4. The van der Waals surface area contributed by atoms with Crippen molar-refractivity contribution in [3.05, 3.63) is 82.9 Å². The molecule has 4 rings (SSSR count). The van der Waals surface area contributed by atoms with Crippen LogP contribution in [0.4, 0.5) is 0 Å². The van der Waals surface area contributed by atoms with Gasteiger partial charge in [0, 0.05) is 48.7 Å². The molecule has 3 aromatic carbocycles. The van der Waals surface area contributed by atoms with Crippen LogP contribution in [0.25, 0.3) is 10.8 Å². The molecular formula is C31H39ClN4O3. The zero-order chi connectivity index (χ0) is 27.6. The Hall–Kier alpha value is -2.97. The van der Waals surface area contributed by atoms with Crippen LogP contribution in [-0.2, 0) is 4.79 Å². The Balaban J connectivity index is 1.42. The van der Waals surface area contributed by atoms with Crippen molar-refractivity contribution in [2.24, 2.45) is 0 Å². The van der Waals surface area contributed by atoms with Crippen LogP contribution in [0.1, 0.15) is 48.0 Å². The summed E-state index contributed by atoms with van der Waals surface area (Å²) in [6, 6.07) is 21.2. The number of carbonyl (C=O) groups excluding carboxylic acids is 2. The molecule has 7 nitrogen and oxygen atoms in total. The fourth-order valence-electron chi connectivity index (χ4n) is 5.22. The Morgan fingerprint density at radius 3 is 2.64 bits per heavy atom. The standard InChI is InChI=1S/C31H39ClN4O3/c1-2-22(23-6-4-3-5-7-23)21-36-16-13-28(35-29(31(36)39)12-14-33-15-17-37)20-34-30(38)26-9-8-25-19-27(32)11-10-24(25)18-26/h3-11,18-19,22,28-29,33,35,37H,2,12-17,20-21H2,1H3,(H,34,38)/t22-,28+,29+/m1/s1. The quantitative estimate of drug-likeness (QED) is 0.256. The van der Waals surface area contributed by atoms with Gasteiger partial charge in [-0.15, -0.1) is 0 Å². The highest BCUT2D eigenvalue weighted by Crippen LogP contribution is 2.23. The van der Waals surface area contributed by atoms with Gasteiger partial charge in [0.1, 0.15) is 0 Å². The van der Waals surface area contributed by atoms with Crippen LogP contribution in [0, 0.1) is 0 Å². The van der Waals surface area contributed by atoms with Crippen molar-refractivity contribution in [2.45, 2.75) is 44.2 Å². The predicted octanol–water partition coefficient (Wildman–Crippen LogP) is 3.95. The minimum absolute atomic E-state index is 0.0400. The zero-order valence-corrected chi connectivity index (χ0v) is 23.3. The molecule has 1 fully saturated rings. The number of fused-ring (bicyclic) bond motifs is 1. The molecule has 0 unspecified atom stereocenters. The lowest BCUT2D eigenvalue weighted by molar-refractivity contribution is -0.133. The van der Waals surface area contributed by atoms with E-state index in [9.17, 15) is 9.59 Å². The lowest BCUT2D eigenvalue weighted by Gasteiger charge is -2.28. The summed E-state index contributed by atoms with van der Waals surface area (Å²) in [6.07, 6.45) is 2.30. The van der Waals surface area contributed by atoms with Crippen molar-refractivity contribution in [1.82, 2.24) is 20.9 Å². The molecular weight excluding hydrogens is 512 g/mol. The van der Waals surface area contributed by atoms with E-state index in [2.05, 4.69) is 35.0 Å². The minimum Gasteiger partial charge on any atom is -0.395 e. The Morgan fingerprint density at radius 2 is 1.87 bits per heavy atom. The van der Waals surface area contributed by atoms with Gasteiger partial charge in [0.25, 0.3) is 5.91 Å². The first kappa shape index (κ1) is 29.0. The Bertz CT molecular complexity index is 1240. The molecule has 0 bridgehead atoms. The summed E-state index contributed by atoms with van der Waals surface area (Å²) in [7, 11) is 0. The highest BCUT2D eigenvalue weighted by atomic mass is 35.5. The van der Waals surface area contributed by atoms with Gasteiger partial charge in [-0.25, -0.2) is 0 Å². The van der Waals surface area contributed by atoms with E-state index in [1.54, 1.807) is 0 Å². The van der Waals surface area contributed by atoms with Gasteiger partial charge in [-0.1, -0.05) is 61.0 Å². The lowest BCUT2D eigenvalue weighted by atomic mass is 9.95. The summed E-state index contributed by atoms with van der Waals surface area (Å²) < 4.78 is 0. The maximum atomic E-state index is 13.6. The minimum atomic E-state index is -0.362. The molecule has 2 amide bonds. The topological polar surface area (TPSA) is 93.7 Å². The van der Waals surface area contributed by atoms with Crippen LogP contribution in [-0.4, -0.2) is 73.2 Å². The molecule has 0 aliphatic carbocycles. The van der Waals surface area contributed by atoms with Crippen molar-refractivity contribution < 1.29 is 14.7 Å². The molecule has 39 heavy (non-hydrogen) atoms.